The fourth-order valence-corrected chi connectivity index (χ4v) is 9.28. The van der Waals surface area contributed by atoms with Crippen molar-refractivity contribution >= 4 is 50.6 Å². The van der Waals surface area contributed by atoms with E-state index in [0.717, 1.165) is 72.3 Å². The van der Waals surface area contributed by atoms with Crippen LogP contribution in [0.5, 0.6) is 11.5 Å². The van der Waals surface area contributed by atoms with Crippen LogP contribution in [-0.4, -0.2) is 15.6 Å². The monoisotopic (exact) mass is 1080 g/mol. The molecule has 1 aliphatic heterocycles. The number of aromatic nitrogens is 2. The molecule has 0 N–H and O–H groups in total. The fraction of sp³-hybridized carbons (Fsp3) is 0.143. The third-order valence-corrected chi connectivity index (χ3v) is 12.9. The van der Waals surface area contributed by atoms with Gasteiger partial charge in [0.05, 0.1) is 11.1 Å². The molecular formula is C63H52N4OPt+2. The van der Waals surface area contributed by atoms with Gasteiger partial charge in [0.1, 0.15) is 11.5 Å². The van der Waals surface area contributed by atoms with Gasteiger partial charge in [-0.2, -0.15) is 6.07 Å². The number of ether oxygens (including phenoxy) is 1. The average molecular weight is 1080 g/mol. The zero-order valence-electron chi connectivity index (χ0n) is 42.4. The number of pyridine rings is 1. The van der Waals surface area contributed by atoms with Crippen LogP contribution in [0.4, 0.5) is 22.7 Å². The fourth-order valence-electron chi connectivity index (χ4n) is 9.28. The van der Waals surface area contributed by atoms with E-state index in [2.05, 4.69) is 173 Å². The van der Waals surface area contributed by atoms with Gasteiger partial charge in [0.15, 0.2) is 0 Å². The molecule has 11 rings (SSSR count). The van der Waals surface area contributed by atoms with Gasteiger partial charge in [0.2, 0.25) is 5.69 Å². The average Bonchev–Trinajstić information content (AvgIpc) is 3.92. The molecule has 338 valence electrons. The molecule has 10 aromatic rings. The summed E-state index contributed by atoms with van der Waals surface area (Å²) in [5.74, 6) is 1.79. The van der Waals surface area contributed by atoms with Gasteiger partial charge in [0.25, 0.3) is 5.69 Å². The van der Waals surface area contributed by atoms with Crippen LogP contribution in [0.2, 0.25) is 0 Å². The summed E-state index contributed by atoms with van der Waals surface area (Å²) in [4.78, 5) is 4.94. The minimum absolute atomic E-state index is 0. The molecule has 0 radical (unpaired) electrons. The van der Waals surface area contributed by atoms with Crippen LogP contribution in [0.25, 0.3) is 61.0 Å². The van der Waals surface area contributed by atoms with Gasteiger partial charge in [-0.25, -0.2) is 4.98 Å². The topological polar surface area (TPSA) is 33.1 Å². The van der Waals surface area contributed by atoms with Gasteiger partial charge in [-0.15, -0.1) is 29.1 Å². The molecule has 0 saturated heterocycles. The molecule has 8 aromatic carbocycles. The summed E-state index contributed by atoms with van der Waals surface area (Å²) in [7, 11) is 0. The molecule has 1 aliphatic rings. The maximum atomic E-state index is 8.85. The van der Waals surface area contributed by atoms with Crippen LogP contribution in [0.3, 0.4) is 0 Å². The van der Waals surface area contributed by atoms with Crippen molar-refractivity contribution in [2.75, 3.05) is 0 Å². The van der Waals surface area contributed by atoms with Crippen LogP contribution in [0.15, 0.2) is 188 Å². The largest absolute Gasteiger partial charge is 2.00 e. The first kappa shape index (κ1) is 41.7. The zero-order valence-corrected chi connectivity index (χ0v) is 41.7. The van der Waals surface area contributed by atoms with E-state index >= 15 is 0 Å². The number of rotatable bonds is 8. The Bertz CT molecular complexity index is 3710. The van der Waals surface area contributed by atoms with Gasteiger partial charge in [-0.3, -0.25) is 0 Å². The molecule has 69 heavy (non-hydrogen) atoms. The molecule has 0 aliphatic carbocycles. The van der Waals surface area contributed by atoms with Gasteiger partial charge in [0, 0.05) is 39.0 Å². The smallest absolute Gasteiger partial charge is 0.509 e. The Labute approximate surface area is 423 Å². The minimum atomic E-state index is -2.44. The molecular weight excluding hydrogens is 1020 g/mol. The van der Waals surface area contributed by atoms with Crippen molar-refractivity contribution in [3.8, 4) is 50.7 Å². The molecule has 0 spiro atoms. The Hall–Kier alpha value is -7.42. The van der Waals surface area contributed by atoms with Gasteiger partial charge < -0.3 is 9.30 Å². The molecule has 0 fully saturated rings. The van der Waals surface area contributed by atoms with E-state index in [0.29, 0.717) is 28.6 Å². The van der Waals surface area contributed by atoms with Gasteiger partial charge >= 0.3 is 32.8 Å². The van der Waals surface area contributed by atoms with Crippen molar-refractivity contribution in [3.05, 3.63) is 217 Å². The summed E-state index contributed by atoms with van der Waals surface area (Å²) in [5, 5.41) is 2.11. The van der Waals surface area contributed by atoms with Crippen LogP contribution in [0, 0.1) is 19.0 Å². The van der Waals surface area contributed by atoms with E-state index in [1.54, 1.807) is 6.07 Å². The maximum absolute atomic E-state index is 8.85. The summed E-state index contributed by atoms with van der Waals surface area (Å²) < 4.78 is 39.5. The number of aryl methyl sites for hydroxylation is 1. The molecule has 3 heterocycles. The van der Waals surface area contributed by atoms with Crippen LogP contribution < -0.4 is 13.9 Å². The minimum Gasteiger partial charge on any atom is -0.509 e. The van der Waals surface area contributed by atoms with Crippen molar-refractivity contribution < 1.29 is 29.9 Å². The molecule has 2 aromatic heterocycles. The number of hydrogen-bond donors (Lipinski definition) is 0. The first-order valence-electron chi connectivity index (χ1n) is 24.6. The number of benzene rings is 8. The third-order valence-electron chi connectivity index (χ3n) is 12.9. The first-order valence-corrected chi connectivity index (χ1v) is 23.1. The Morgan fingerprint density at radius 2 is 1.20 bits per heavy atom. The number of fused-ring (bicyclic) bond motifs is 4. The van der Waals surface area contributed by atoms with Crippen molar-refractivity contribution in [1.82, 2.24) is 18.7 Å². The predicted octanol–water partition coefficient (Wildman–Crippen LogP) is 16.3. The van der Waals surface area contributed by atoms with E-state index in [4.69, 9.17) is 13.8 Å². The summed E-state index contributed by atoms with van der Waals surface area (Å²) >= 11 is 0. The summed E-state index contributed by atoms with van der Waals surface area (Å²) in [6.07, 6.45) is 1.89. The predicted molar refractivity (Wildman–Crippen MR) is 282 cm³/mol. The third kappa shape index (κ3) is 8.48. The standard InChI is InChI=1S/C63H52N4O.Pt/c1-42-19-17-28-57-60(42)66(61-52(44-22-13-9-14-23-44)26-18-27-53(61)45-24-15-10-16-25-45)41-65(57)49-36-48(63(5,6)7)37-51(39-49)68-50-30-31-54-55-35-46(43-20-11-8-12-21-43)29-32-56(55)67(58(54)40-50)59-38-47(33-34-64-59)62(2,3)4;/h8-38H,1-7H3;/q;+2/i1D3;. The number of nitrogens with zero attached hydrogens (tertiary/aromatic N) is 4. The van der Waals surface area contributed by atoms with Gasteiger partial charge in [-0.05, 0) is 85.8 Å². The molecule has 0 amide bonds. The van der Waals surface area contributed by atoms with Crippen molar-refractivity contribution in [2.24, 2.45) is 0 Å². The SMILES string of the molecule is [2H]C([2H])([2H])c1cccc2c1[N+](c1c(-c3ccccc3)cccc1-c1ccccc1)=C=[N+]2c1[c-]c(Oc2[c-]c3c(cc2)c2cc(-c4ccccc4)ccc2n3-c2cc(C(C)(C)C)ccn2)cc(C(C)(C)C)c1.[Pt+2]. The van der Waals surface area contributed by atoms with Crippen LogP contribution in [0.1, 0.15) is 62.3 Å². The second kappa shape index (κ2) is 17.9. The van der Waals surface area contributed by atoms with Crippen LogP contribution in [-0.2, 0) is 31.9 Å². The first-order chi connectivity index (χ1) is 34.1. The molecule has 0 unspecified atom stereocenters. The molecule has 5 nitrogen and oxygen atoms in total. The quantitative estimate of drug-likeness (QED) is 0.112. The molecule has 0 bridgehead atoms. The van der Waals surface area contributed by atoms with Crippen LogP contribution >= 0.6 is 0 Å². The van der Waals surface area contributed by atoms with E-state index in [-0.39, 0.29) is 37.5 Å². The van der Waals surface area contributed by atoms with E-state index in [1.165, 1.54) is 5.56 Å². The zero-order chi connectivity index (χ0) is 49.2. The number of para-hydroxylation sites is 2. The van der Waals surface area contributed by atoms with Crippen molar-refractivity contribution in [1.29, 1.82) is 0 Å². The Morgan fingerprint density at radius 1 is 0.551 bits per heavy atom. The maximum Gasteiger partial charge on any atom is 2.00 e. The second-order valence-corrected chi connectivity index (χ2v) is 19.5. The second-order valence-electron chi connectivity index (χ2n) is 19.5. The van der Waals surface area contributed by atoms with Gasteiger partial charge in [-0.1, -0.05) is 185 Å². The normalized spacial score (nSPS) is 13.2. The summed E-state index contributed by atoms with van der Waals surface area (Å²) in [6.45, 7) is 10.7. The Morgan fingerprint density at radius 3 is 1.86 bits per heavy atom. The summed E-state index contributed by atoms with van der Waals surface area (Å²) in [6, 6.07) is 72.6. The molecule has 6 heteroatoms. The Kier molecular flexibility index (Phi) is 10.8. The molecule has 0 saturated carbocycles. The van der Waals surface area contributed by atoms with Crippen molar-refractivity contribution in [3.63, 3.8) is 0 Å². The number of hydrogen-bond acceptors (Lipinski definition) is 2. The van der Waals surface area contributed by atoms with E-state index in [9.17, 15) is 0 Å². The van der Waals surface area contributed by atoms with E-state index in [1.807, 2.05) is 82.1 Å². The summed E-state index contributed by atoms with van der Waals surface area (Å²) in [5.41, 5.74) is 12.6. The van der Waals surface area contributed by atoms with E-state index < -0.39 is 6.85 Å². The van der Waals surface area contributed by atoms with Crippen molar-refractivity contribution in [2.45, 2.75) is 59.2 Å². The molecule has 0 atom stereocenters. The Balaban J connectivity index is 0.00000596.